The molecule has 2 aromatic carbocycles. The normalized spacial score (nSPS) is 19.1. The van der Waals surface area contributed by atoms with Crippen molar-refractivity contribution >= 4 is 18.3 Å². The Labute approximate surface area is 153 Å². The van der Waals surface area contributed by atoms with Crippen LogP contribution >= 0.6 is 12.4 Å². The highest BCUT2D eigenvalue weighted by Crippen LogP contribution is 2.14. The second-order valence-electron chi connectivity index (χ2n) is 5.99. The Hall–Kier alpha value is -2.08. The third-order valence-corrected chi connectivity index (χ3v) is 4.06. The van der Waals surface area contributed by atoms with E-state index >= 15 is 0 Å². The van der Waals surface area contributed by atoms with Crippen molar-refractivity contribution in [1.82, 2.24) is 10.6 Å². The lowest BCUT2D eigenvalue weighted by Crippen LogP contribution is -2.39. The van der Waals surface area contributed by atoms with Crippen LogP contribution in [0.25, 0.3) is 0 Å². The van der Waals surface area contributed by atoms with Gasteiger partial charge in [0.25, 0.3) is 0 Å². The number of nitrogens with one attached hydrogen (secondary N) is 2. The van der Waals surface area contributed by atoms with Gasteiger partial charge in [-0.05, 0) is 29.7 Å². The number of β-amino-alcohol motifs (C(OH)–C–C–N with tert-alkyl or cyclic N) is 1. The van der Waals surface area contributed by atoms with Crippen LogP contribution in [0.4, 0.5) is 0 Å². The fourth-order valence-electron chi connectivity index (χ4n) is 2.67. The molecule has 1 heterocycles. The minimum atomic E-state index is -0.429. The number of benzene rings is 2. The number of halogens is 1. The van der Waals surface area contributed by atoms with Gasteiger partial charge in [-0.2, -0.15) is 0 Å². The van der Waals surface area contributed by atoms with Gasteiger partial charge in [0.2, 0.25) is 5.91 Å². The largest absolute Gasteiger partial charge is 0.489 e. The molecular weight excluding hydrogens is 340 g/mol. The molecule has 3 rings (SSSR count). The third kappa shape index (κ3) is 5.74. The lowest BCUT2D eigenvalue weighted by molar-refractivity contribution is -0.123. The highest BCUT2D eigenvalue weighted by Gasteiger charge is 2.27. The zero-order valence-corrected chi connectivity index (χ0v) is 14.7. The second-order valence-corrected chi connectivity index (χ2v) is 5.99. The highest BCUT2D eigenvalue weighted by atomic mass is 35.5. The highest BCUT2D eigenvalue weighted by molar-refractivity contribution is 5.85. The van der Waals surface area contributed by atoms with Gasteiger partial charge in [-0.3, -0.25) is 4.79 Å². The lowest BCUT2D eigenvalue weighted by atomic mass is 10.1. The molecule has 1 aliphatic heterocycles. The molecular formula is C19H23ClN2O3. The van der Waals surface area contributed by atoms with E-state index in [1.807, 2.05) is 54.6 Å². The molecule has 3 N–H and O–H groups in total. The smallest absolute Gasteiger partial charge is 0.237 e. The Morgan fingerprint density at radius 1 is 1.12 bits per heavy atom. The Balaban J connectivity index is 0.00000225. The van der Waals surface area contributed by atoms with Crippen LogP contribution in [0.1, 0.15) is 17.5 Å². The molecule has 0 spiro atoms. The summed E-state index contributed by atoms with van der Waals surface area (Å²) in [7, 11) is 0. The molecule has 2 unspecified atom stereocenters. The zero-order valence-electron chi connectivity index (χ0n) is 13.9. The van der Waals surface area contributed by atoms with Crippen LogP contribution in [0, 0.1) is 0 Å². The number of carbonyl (C=O) groups excluding carboxylic acids is 1. The molecule has 25 heavy (non-hydrogen) atoms. The first-order valence-corrected chi connectivity index (χ1v) is 8.15. The van der Waals surface area contributed by atoms with E-state index in [4.69, 9.17) is 4.74 Å². The van der Waals surface area contributed by atoms with E-state index in [-0.39, 0.29) is 24.4 Å². The Bertz CT molecular complexity index is 664. The fraction of sp³-hybridized carbons (Fsp3) is 0.316. The summed E-state index contributed by atoms with van der Waals surface area (Å²) in [4.78, 5) is 12.0. The van der Waals surface area contributed by atoms with E-state index in [1.54, 1.807) is 0 Å². The van der Waals surface area contributed by atoms with E-state index < -0.39 is 6.10 Å². The van der Waals surface area contributed by atoms with E-state index in [9.17, 15) is 9.90 Å². The summed E-state index contributed by atoms with van der Waals surface area (Å²) in [6.07, 6.45) is 0.0414. The predicted molar refractivity (Wildman–Crippen MR) is 98.7 cm³/mol. The molecule has 0 bridgehead atoms. The predicted octanol–water partition coefficient (Wildman–Crippen LogP) is 2.03. The second kappa shape index (κ2) is 9.42. The molecule has 134 valence electrons. The number of amides is 1. The van der Waals surface area contributed by atoms with E-state index in [1.165, 1.54) is 0 Å². The van der Waals surface area contributed by atoms with Crippen LogP contribution in [-0.4, -0.2) is 29.7 Å². The van der Waals surface area contributed by atoms with Gasteiger partial charge in [-0.15, -0.1) is 12.4 Å². The minimum absolute atomic E-state index is 0. The summed E-state index contributed by atoms with van der Waals surface area (Å²) in [6.45, 7) is 1.48. The molecule has 2 atom stereocenters. The van der Waals surface area contributed by atoms with E-state index in [0.29, 0.717) is 26.1 Å². The van der Waals surface area contributed by atoms with Crippen molar-refractivity contribution in [2.45, 2.75) is 31.7 Å². The number of rotatable bonds is 6. The molecule has 0 radical (unpaired) electrons. The molecule has 1 amide bonds. The number of carbonyl (C=O) groups is 1. The van der Waals surface area contributed by atoms with Gasteiger partial charge in [-0.25, -0.2) is 0 Å². The Morgan fingerprint density at radius 2 is 1.84 bits per heavy atom. The van der Waals surface area contributed by atoms with Crippen molar-refractivity contribution < 1.29 is 14.6 Å². The number of aliphatic hydroxyl groups is 1. The average molecular weight is 363 g/mol. The SMILES string of the molecule is Cl.O=C(NCc1ccc(OCc2ccccc2)cc1)C1CC(O)CN1. The summed E-state index contributed by atoms with van der Waals surface area (Å²) in [5.74, 6) is 0.727. The first-order valence-electron chi connectivity index (χ1n) is 8.15. The summed E-state index contributed by atoms with van der Waals surface area (Å²) in [6, 6.07) is 17.4. The first-order chi connectivity index (χ1) is 11.7. The maximum absolute atomic E-state index is 12.0. The van der Waals surface area contributed by atoms with Crippen LogP contribution in [0.2, 0.25) is 0 Å². The summed E-state index contributed by atoms with van der Waals surface area (Å²) < 4.78 is 5.74. The van der Waals surface area contributed by atoms with Crippen molar-refractivity contribution in [1.29, 1.82) is 0 Å². The number of hydrogen-bond donors (Lipinski definition) is 3. The third-order valence-electron chi connectivity index (χ3n) is 4.06. The van der Waals surface area contributed by atoms with Crippen molar-refractivity contribution in [3.8, 4) is 5.75 Å². The molecule has 2 aromatic rings. The monoisotopic (exact) mass is 362 g/mol. The maximum Gasteiger partial charge on any atom is 0.237 e. The maximum atomic E-state index is 12.0. The number of aliphatic hydroxyl groups excluding tert-OH is 1. The van der Waals surface area contributed by atoms with Gasteiger partial charge in [0.15, 0.2) is 0 Å². The topological polar surface area (TPSA) is 70.6 Å². The van der Waals surface area contributed by atoms with Gasteiger partial charge < -0.3 is 20.5 Å². The molecule has 1 saturated heterocycles. The average Bonchev–Trinajstić information content (AvgIpc) is 3.06. The van der Waals surface area contributed by atoms with Gasteiger partial charge in [0.05, 0.1) is 12.1 Å². The van der Waals surface area contributed by atoms with Gasteiger partial charge in [0, 0.05) is 13.1 Å². The van der Waals surface area contributed by atoms with Crippen molar-refractivity contribution in [2.24, 2.45) is 0 Å². The fourth-order valence-corrected chi connectivity index (χ4v) is 2.67. The van der Waals surface area contributed by atoms with Crippen LogP contribution in [0.3, 0.4) is 0 Å². The molecule has 6 heteroatoms. The Kier molecular flexibility index (Phi) is 7.25. The van der Waals surface area contributed by atoms with E-state index in [0.717, 1.165) is 16.9 Å². The van der Waals surface area contributed by atoms with Crippen LogP contribution in [0.15, 0.2) is 54.6 Å². The van der Waals surface area contributed by atoms with Crippen molar-refractivity contribution in [3.05, 3.63) is 65.7 Å². The minimum Gasteiger partial charge on any atom is -0.489 e. The quantitative estimate of drug-likeness (QED) is 0.735. The van der Waals surface area contributed by atoms with E-state index in [2.05, 4.69) is 10.6 Å². The molecule has 5 nitrogen and oxygen atoms in total. The van der Waals surface area contributed by atoms with Crippen LogP contribution < -0.4 is 15.4 Å². The summed E-state index contributed by atoms with van der Waals surface area (Å²) >= 11 is 0. The van der Waals surface area contributed by atoms with Crippen molar-refractivity contribution in [3.63, 3.8) is 0 Å². The first kappa shape index (κ1) is 19.2. The molecule has 0 aromatic heterocycles. The molecule has 0 aliphatic carbocycles. The van der Waals surface area contributed by atoms with Gasteiger partial charge >= 0.3 is 0 Å². The van der Waals surface area contributed by atoms with Crippen LogP contribution in [-0.2, 0) is 17.9 Å². The summed E-state index contributed by atoms with van der Waals surface area (Å²) in [5, 5.41) is 15.3. The number of hydrogen-bond acceptors (Lipinski definition) is 4. The standard InChI is InChI=1S/C19H22N2O3.ClH/c22-16-10-18(20-12-16)19(23)21-11-14-6-8-17(9-7-14)24-13-15-4-2-1-3-5-15;/h1-9,16,18,20,22H,10-13H2,(H,21,23);1H. The van der Waals surface area contributed by atoms with Crippen molar-refractivity contribution in [2.75, 3.05) is 6.54 Å². The molecule has 1 aliphatic rings. The Morgan fingerprint density at radius 3 is 2.48 bits per heavy atom. The summed E-state index contributed by atoms with van der Waals surface area (Å²) in [5.41, 5.74) is 2.13. The van der Waals surface area contributed by atoms with Gasteiger partial charge in [-0.1, -0.05) is 42.5 Å². The zero-order chi connectivity index (χ0) is 16.8. The van der Waals surface area contributed by atoms with Crippen LogP contribution in [0.5, 0.6) is 5.75 Å². The van der Waals surface area contributed by atoms with Gasteiger partial charge in [0.1, 0.15) is 12.4 Å². The molecule has 1 fully saturated rings. The number of ether oxygens (including phenoxy) is 1. The molecule has 0 saturated carbocycles. The lowest BCUT2D eigenvalue weighted by Gasteiger charge is -2.11.